The lowest BCUT2D eigenvalue weighted by Gasteiger charge is -2.31. The van der Waals surface area contributed by atoms with Crippen LogP contribution in [0, 0.1) is 0 Å². The quantitative estimate of drug-likeness (QED) is 0.256. The Bertz CT molecular complexity index is 639. The molecule has 7 nitrogen and oxygen atoms in total. The van der Waals surface area contributed by atoms with Crippen molar-refractivity contribution in [3.05, 3.63) is 36.6 Å². The molecule has 0 spiro atoms. The van der Waals surface area contributed by atoms with E-state index in [0.29, 0.717) is 30.8 Å². The number of halogens is 1. The van der Waals surface area contributed by atoms with Gasteiger partial charge in [-0.15, -0.1) is 6.58 Å². The maximum Gasteiger partial charge on any atom is 0.414 e. The van der Waals surface area contributed by atoms with Crippen LogP contribution in [-0.4, -0.2) is 59.2 Å². The van der Waals surface area contributed by atoms with E-state index in [1.807, 2.05) is 6.92 Å². The zero-order valence-electron chi connectivity index (χ0n) is 16.3. The fraction of sp³-hybridized carbons (Fsp3) is 0.526. The van der Waals surface area contributed by atoms with Crippen molar-refractivity contribution in [3.8, 4) is 0 Å². The van der Waals surface area contributed by atoms with Crippen molar-refractivity contribution in [3.63, 3.8) is 0 Å². The van der Waals surface area contributed by atoms with Crippen LogP contribution < -0.4 is 5.73 Å². The molecule has 1 heterocycles. The molecular weight excluding hydrogens is 493 g/mol. The predicted octanol–water partition coefficient (Wildman–Crippen LogP) is 3.41. The van der Waals surface area contributed by atoms with Crippen molar-refractivity contribution in [1.29, 1.82) is 0 Å². The lowest BCUT2D eigenvalue weighted by atomic mass is 10.0. The van der Waals surface area contributed by atoms with Gasteiger partial charge in [-0.3, -0.25) is 14.5 Å². The average Bonchev–Trinajstić information content (AvgIpc) is 2.67. The predicted molar refractivity (Wildman–Crippen MR) is 121 cm³/mol. The molecule has 0 radical (unpaired) electrons. The minimum atomic E-state index is -0.659. The number of carbonyl (C=O) groups excluding carboxylic acids is 3. The van der Waals surface area contributed by atoms with E-state index in [2.05, 4.69) is 27.8 Å². The van der Waals surface area contributed by atoms with E-state index in [9.17, 15) is 14.4 Å². The normalized spacial score (nSPS) is 16.9. The van der Waals surface area contributed by atoms with Gasteiger partial charge in [0.05, 0.1) is 6.04 Å². The summed E-state index contributed by atoms with van der Waals surface area (Å²) in [6.45, 7) is 6.05. The molecule has 0 aromatic heterocycles. The molecule has 9 heteroatoms. The van der Waals surface area contributed by atoms with Gasteiger partial charge >= 0.3 is 6.09 Å². The summed E-state index contributed by atoms with van der Waals surface area (Å²) in [6, 6.07) is -1.04. The van der Waals surface area contributed by atoms with Gasteiger partial charge in [0, 0.05) is 24.6 Å². The zero-order chi connectivity index (χ0) is 21.1. The minimum absolute atomic E-state index is 0.306. The first kappa shape index (κ1) is 24.5. The number of carbonyl (C=O) groups is 3. The summed E-state index contributed by atoms with van der Waals surface area (Å²) in [5.41, 5.74) is 5.89. The van der Waals surface area contributed by atoms with Gasteiger partial charge in [-0.25, -0.2) is 4.79 Å². The van der Waals surface area contributed by atoms with Crippen LogP contribution in [0.4, 0.5) is 4.79 Å². The smallest absolute Gasteiger partial charge is 0.414 e. The van der Waals surface area contributed by atoms with Crippen molar-refractivity contribution < 1.29 is 19.1 Å². The molecule has 2 unspecified atom stereocenters. The molecule has 1 rings (SSSR count). The first-order chi connectivity index (χ1) is 13.4. The Hall–Kier alpha value is -1.49. The zero-order valence-corrected chi connectivity index (χ0v) is 19.3. The lowest BCUT2D eigenvalue weighted by Crippen LogP contribution is -2.46. The van der Waals surface area contributed by atoms with Crippen LogP contribution >= 0.6 is 30.1 Å². The maximum atomic E-state index is 12.9. The molecule has 2 N–H and O–H groups in total. The molecule has 156 valence electrons. The Morgan fingerprint density at radius 1 is 1.50 bits per heavy atom. The summed E-state index contributed by atoms with van der Waals surface area (Å²) < 4.78 is 5.25. The van der Waals surface area contributed by atoms with Crippen molar-refractivity contribution >= 4 is 48.0 Å². The summed E-state index contributed by atoms with van der Waals surface area (Å²) in [6.07, 6.45) is 8.71. The van der Waals surface area contributed by atoms with Crippen LogP contribution in [0.5, 0.6) is 0 Å². The van der Waals surface area contributed by atoms with E-state index in [4.69, 9.17) is 10.5 Å². The number of hydrogen-bond acceptors (Lipinski definition) is 5. The monoisotopic (exact) mass is 521 g/mol. The van der Waals surface area contributed by atoms with Crippen LogP contribution in [0.2, 0.25) is 0 Å². The highest BCUT2D eigenvalue weighted by molar-refractivity contribution is 14.2. The number of hydrogen-bond donors (Lipinski definition) is 1. The number of primary amides is 1. The Kier molecular flexibility index (Phi) is 11.3. The van der Waals surface area contributed by atoms with E-state index in [1.165, 1.54) is 9.80 Å². The second-order valence-corrected chi connectivity index (χ2v) is 8.84. The molecule has 1 aliphatic rings. The van der Waals surface area contributed by atoms with Crippen LogP contribution in [0.25, 0.3) is 0 Å². The highest BCUT2D eigenvalue weighted by atomic mass is 127. The summed E-state index contributed by atoms with van der Waals surface area (Å²) >= 11 is 2.14. The van der Waals surface area contributed by atoms with E-state index >= 15 is 0 Å². The molecule has 28 heavy (non-hydrogen) atoms. The first-order valence-corrected chi connectivity index (χ1v) is 12.7. The summed E-state index contributed by atoms with van der Waals surface area (Å²) in [7, 11) is 3.14. The lowest BCUT2D eigenvalue weighted by molar-refractivity contribution is -0.135. The number of likely N-dealkylation sites (N-methyl/N-ethyl adjacent to an activating group) is 1. The second kappa shape index (κ2) is 12.9. The fourth-order valence-corrected chi connectivity index (χ4v) is 3.50. The summed E-state index contributed by atoms with van der Waals surface area (Å²) in [5, 5.41) is 0. The highest BCUT2D eigenvalue weighted by Gasteiger charge is 2.30. The van der Waals surface area contributed by atoms with Crippen LogP contribution in [0.15, 0.2) is 36.6 Å². The number of nitrogens with zero attached hydrogens (tertiary/aromatic N) is 2. The van der Waals surface area contributed by atoms with Gasteiger partial charge in [0.2, 0.25) is 5.91 Å². The van der Waals surface area contributed by atoms with Crippen LogP contribution in [-0.2, 0) is 14.3 Å². The van der Waals surface area contributed by atoms with Crippen molar-refractivity contribution in [2.75, 3.05) is 19.4 Å². The van der Waals surface area contributed by atoms with Crippen molar-refractivity contribution in [2.24, 2.45) is 5.73 Å². The molecule has 0 saturated carbocycles. The molecule has 1 aliphatic heterocycles. The van der Waals surface area contributed by atoms with Gasteiger partial charge in [0.25, 0.3) is 5.91 Å². The third kappa shape index (κ3) is 7.16. The Morgan fingerprint density at radius 2 is 2.21 bits per heavy atom. The molecule has 3 amide bonds. The molecule has 0 saturated heterocycles. The van der Waals surface area contributed by atoms with Crippen LogP contribution in [0.3, 0.4) is 0 Å². The van der Waals surface area contributed by atoms with Gasteiger partial charge in [0.15, 0.2) is 0 Å². The number of amides is 3. The molecule has 0 bridgehead atoms. The van der Waals surface area contributed by atoms with E-state index < -0.39 is 18.0 Å². The van der Waals surface area contributed by atoms with Crippen molar-refractivity contribution in [2.45, 2.75) is 44.7 Å². The third-order valence-corrected chi connectivity index (χ3v) is 5.99. The van der Waals surface area contributed by atoms with Gasteiger partial charge in [-0.1, -0.05) is 34.8 Å². The Labute approximate surface area is 183 Å². The molecular formula is C19H28IN3O4S. The summed E-state index contributed by atoms with van der Waals surface area (Å²) in [5.74, 6) is -0.128. The van der Waals surface area contributed by atoms with E-state index in [1.54, 1.807) is 40.4 Å². The van der Waals surface area contributed by atoms with Gasteiger partial charge < -0.3 is 15.4 Å². The fourth-order valence-electron chi connectivity index (χ4n) is 2.81. The third-order valence-electron chi connectivity index (χ3n) is 4.34. The average molecular weight is 521 g/mol. The Morgan fingerprint density at radius 3 is 2.79 bits per heavy atom. The second-order valence-electron chi connectivity index (χ2n) is 6.34. The molecule has 0 aliphatic carbocycles. The maximum absolute atomic E-state index is 12.9. The molecule has 0 fully saturated rings. The Balaban J connectivity index is 2.93. The summed E-state index contributed by atoms with van der Waals surface area (Å²) in [4.78, 5) is 39.8. The molecule has 0 aromatic carbocycles. The molecule has 2 atom stereocenters. The van der Waals surface area contributed by atoms with Gasteiger partial charge in [-0.05, 0) is 46.2 Å². The van der Waals surface area contributed by atoms with E-state index in [0.717, 1.165) is 12.8 Å². The largest absolute Gasteiger partial charge is 0.448 e. The van der Waals surface area contributed by atoms with Gasteiger partial charge in [0.1, 0.15) is 12.6 Å². The number of rotatable bonds is 11. The topological polar surface area (TPSA) is 92.9 Å². The number of unbranched alkanes of at least 4 members (excludes halogenated alkanes) is 1. The number of nitrogens with two attached hydrogens (primary N) is 1. The van der Waals surface area contributed by atoms with Gasteiger partial charge in [-0.2, -0.15) is 0 Å². The molecule has 0 aromatic rings. The standard InChI is InChI=1S/C19H28IN3O4S/c1-4-6-8-16(17(21)24)22(3)18(25)14-9-10-23(15(13-14)7-5-2)19(26)27-11-12-28-20/h5,9-10,13,15-16H,2,4,6-8,11-12H2,1,3H3,(H2,21,24). The first-order valence-electron chi connectivity index (χ1n) is 9.13. The number of ether oxygens (including phenoxy) is 1. The highest BCUT2D eigenvalue weighted by Crippen LogP contribution is 2.21. The minimum Gasteiger partial charge on any atom is -0.448 e. The van der Waals surface area contributed by atoms with Crippen LogP contribution in [0.1, 0.15) is 32.6 Å². The van der Waals surface area contributed by atoms with E-state index in [-0.39, 0.29) is 11.9 Å². The SMILES string of the molecule is C=CCC1C=C(C(=O)N(C)C(CCCC)C(N)=O)C=CN1C(=O)OCCSI. The van der Waals surface area contributed by atoms with Crippen molar-refractivity contribution in [1.82, 2.24) is 9.80 Å².